The van der Waals surface area contributed by atoms with E-state index in [1.165, 1.54) is 18.6 Å². The molecule has 1 aliphatic heterocycles. The van der Waals surface area contributed by atoms with Gasteiger partial charge >= 0.3 is 0 Å². The molecule has 0 aromatic carbocycles. The monoisotopic (exact) mass is 251 g/mol. The Labute approximate surface area is 97.3 Å². The topological polar surface area (TPSA) is 46.2 Å². The third-order valence-electron chi connectivity index (χ3n) is 2.64. The molecule has 0 radical (unpaired) electrons. The fraction of sp³-hybridized carbons (Fsp3) is 1.00. The van der Waals surface area contributed by atoms with Gasteiger partial charge in [-0.2, -0.15) is 11.8 Å². The van der Waals surface area contributed by atoms with Crippen LogP contribution in [-0.2, 0) is 9.84 Å². The SMILES string of the molecule is CCS(=O)(=O)CCCNCC1CCCS1. The minimum atomic E-state index is -2.76. The van der Waals surface area contributed by atoms with Gasteiger partial charge in [0.15, 0.2) is 0 Å². The Balaban J connectivity index is 1.97. The highest BCUT2D eigenvalue weighted by Crippen LogP contribution is 2.25. The number of sulfone groups is 1. The summed E-state index contributed by atoms with van der Waals surface area (Å²) in [5.74, 6) is 1.89. The van der Waals surface area contributed by atoms with Crippen LogP contribution >= 0.6 is 11.8 Å². The van der Waals surface area contributed by atoms with E-state index in [9.17, 15) is 8.42 Å². The molecule has 0 aromatic heterocycles. The highest BCUT2D eigenvalue weighted by Gasteiger charge is 2.14. The third-order valence-corrected chi connectivity index (χ3v) is 5.83. The molecule has 0 bridgehead atoms. The standard InChI is InChI=1S/C10H21NO2S2/c1-2-15(12,13)8-4-6-11-9-10-5-3-7-14-10/h10-11H,2-9H2,1H3. The second kappa shape index (κ2) is 6.76. The van der Waals surface area contributed by atoms with Gasteiger partial charge in [0.2, 0.25) is 0 Å². The number of hydrogen-bond donors (Lipinski definition) is 1. The second-order valence-electron chi connectivity index (χ2n) is 3.93. The zero-order valence-electron chi connectivity index (χ0n) is 9.37. The predicted octanol–water partition coefficient (Wildman–Crippen LogP) is 1.30. The molecule has 1 saturated heterocycles. The predicted molar refractivity (Wildman–Crippen MR) is 67.3 cm³/mol. The lowest BCUT2D eigenvalue weighted by Gasteiger charge is -2.09. The van der Waals surface area contributed by atoms with E-state index < -0.39 is 9.84 Å². The lowest BCUT2D eigenvalue weighted by Crippen LogP contribution is -2.25. The number of rotatable bonds is 7. The Kier molecular flexibility index (Phi) is 6.00. The van der Waals surface area contributed by atoms with Gasteiger partial charge in [-0.3, -0.25) is 0 Å². The van der Waals surface area contributed by atoms with Crippen molar-refractivity contribution in [2.24, 2.45) is 0 Å². The quantitative estimate of drug-likeness (QED) is 0.693. The Morgan fingerprint density at radius 3 is 2.87 bits per heavy atom. The zero-order chi connectivity index (χ0) is 11.1. The first-order chi connectivity index (χ1) is 7.14. The van der Waals surface area contributed by atoms with Crippen LogP contribution in [0, 0.1) is 0 Å². The highest BCUT2D eigenvalue weighted by atomic mass is 32.2. The van der Waals surface area contributed by atoms with E-state index in [1.54, 1.807) is 6.92 Å². The van der Waals surface area contributed by atoms with Crippen molar-refractivity contribution in [3.63, 3.8) is 0 Å². The smallest absolute Gasteiger partial charge is 0.150 e. The molecule has 1 unspecified atom stereocenters. The van der Waals surface area contributed by atoms with E-state index >= 15 is 0 Å². The van der Waals surface area contributed by atoms with E-state index in [0.717, 1.165) is 24.8 Å². The molecular weight excluding hydrogens is 230 g/mol. The molecule has 1 rings (SSSR count). The molecule has 90 valence electrons. The number of thioether (sulfide) groups is 1. The summed E-state index contributed by atoms with van der Waals surface area (Å²) < 4.78 is 22.4. The molecule has 0 aliphatic carbocycles. The lowest BCUT2D eigenvalue weighted by atomic mass is 10.2. The first kappa shape index (κ1) is 13.3. The van der Waals surface area contributed by atoms with E-state index in [4.69, 9.17) is 0 Å². The van der Waals surface area contributed by atoms with Crippen molar-refractivity contribution in [1.29, 1.82) is 0 Å². The highest BCUT2D eigenvalue weighted by molar-refractivity contribution is 8.00. The second-order valence-corrected chi connectivity index (χ2v) is 7.81. The van der Waals surface area contributed by atoms with Crippen molar-refractivity contribution in [2.75, 3.05) is 30.3 Å². The Morgan fingerprint density at radius 2 is 2.27 bits per heavy atom. The molecule has 0 aromatic rings. The van der Waals surface area contributed by atoms with E-state index in [2.05, 4.69) is 5.32 Å². The van der Waals surface area contributed by atoms with Gasteiger partial charge in [-0.25, -0.2) is 8.42 Å². The Bertz CT molecular complexity index is 259. The summed E-state index contributed by atoms with van der Waals surface area (Å²) in [5.41, 5.74) is 0. The first-order valence-corrected chi connectivity index (χ1v) is 8.54. The maximum atomic E-state index is 11.2. The Hall–Kier alpha value is 0.260. The molecule has 1 N–H and O–H groups in total. The summed E-state index contributed by atoms with van der Waals surface area (Å²) in [6.07, 6.45) is 3.39. The van der Waals surface area contributed by atoms with E-state index in [-0.39, 0.29) is 5.75 Å². The van der Waals surface area contributed by atoms with Crippen molar-refractivity contribution in [3.8, 4) is 0 Å². The Morgan fingerprint density at radius 1 is 1.47 bits per heavy atom. The van der Waals surface area contributed by atoms with Crippen molar-refractivity contribution < 1.29 is 8.42 Å². The van der Waals surface area contributed by atoms with Crippen LogP contribution in [-0.4, -0.2) is 44.0 Å². The van der Waals surface area contributed by atoms with Crippen molar-refractivity contribution in [2.45, 2.75) is 31.4 Å². The van der Waals surface area contributed by atoms with Crippen LogP contribution in [0.5, 0.6) is 0 Å². The summed E-state index contributed by atoms with van der Waals surface area (Å²) in [6.45, 7) is 3.57. The summed E-state index contributed by atoms with van der Waals surface area (Å²) >= 11 is 2.03. The normalized spacial score (nSPS) is 22.1. The minimum Gasteiger partial charge on any atom is -0.316 e. The molecule has 1 fully saturated rings. The molecule has 5 heteroatoms. The van der Waals surface area contributed by atoms with Gasteiger partial charge in [-0.1, -0.05) is 6.92 Å². The van der Waals surface area contributed by atoms with Crippen LogP contribution in [0.3, 0.4) is 0 Å². The largest absolute Gasteiger partial charge is 0.316 e. The van der Waals surface area contributed by atoms with Crippen molar-refractivity contribution in [1.82, 2.24) is 5.32 Å². The van der Waals surface area contributed by atoms with E-state index in [0.29, 0.717) is 5.75 Å². The summed E-state index contributed by atoms with van der Waals surface area (Å²) in [7, 11) is -2.76. The zero-order valence-corrected chi connectivity index (χ0v) is 11.0. The van der Waals surface area contributed by atoms with Gasteiger partial charge in [0.25, 0.3) is 0 Å². The third kappa shape index (κ3) is 5.78. The van der Waals surface area contributed by atoms with Gasteiger partial charge < -0.3 is 5.32 Å². The van der Waals surface area contributed by atoms with Crippen LogP contribution in [0.25, 0.3) is 0 Å². The van der Waals surface area contributed by atoms with Gasteiger partial charge in [0.05, 0.1) is 5.75 Å². The molecule has 1 atom stereocenters. The van der Waals surface area contributed by atoms with Crippen molar-refractivity contribution >= 4 is 21.6 Å². The first-order valence-electron chi connectivity index (χ1n) is 5.67. The minimum absolute atomic E-state index is 0.269. The van der Waals surface area contributed by atoms with Gasteiger partial charge in [-0.05, 0) is 31.6 Å². The molecule has 0 spiro atoms. The van der Waals surface area contributed by atoms with Crippen LogP contribution in [0.2, 0.25) is 0 Å². The molecule has 1 aliphatic rings. The fourth-order valence-electron chi connectivity index (χ4n) is 1.63. The van der Waals surface area contributed by atoms with Crippen LogP contribution in [0.15, 0.2) is 0 Å². The average molecular weight is 251 g/mol. The summed E-state index contributed by atoms with van der Waals surface area (Å²) in [4.78, 5) is 0. The number of hydrogen-bond acceptors (Lipinski definition) is 4. The maximum absolute atomic E-state index is 11.2. The molecule has 3 nitrogen and oxygen atoms in total. The maximum Gasteiger partial charge on any atom is 0.150 e. The van der Waals surface area contributed by atoms with Gasteiger partial charge in [0.1, 0.15) is 9.84 Å². The lowest BCUT2D eigenvalue weighted by molar-refractivity contribution is 0.588. The van der Waals surface area contributed by atoms with Crippen LogP contribution in [0.1, 0.15) is 26.2 Å². The van der Waals surface area contributed by atoms with E-state index in [1.807, 2.05) is 11.8 Å². The fourth-order valence-corrected chi connectivity index (χ4v) is 3.74. The van der Waals surface area contributed by atoms with Crippen molar-refractivity contribution in [3.05, 3.63) is 0 Å². The average Bonchev–Trinajstić information content (AvgIpc) is 2.70. The van der Waals surface area contributed by atoms with Crippen LogP contribution in [0.4, 0.5) is 0 Å². The molecule has 0 saturated carbocycles. The molecular formula is C10H21NO2S2. The van der Waals surface area contributed by atoms with Gasteiger partial charge in [-0.15, -0.1) is 0 Å². The summed E-state index contributed by atoms with van der Waals surface area (Å²) in [5, 5.41) is 4.10. The summed E-state index contributed by atoms with van der Waals surface area (Å²) in [6, 6.07) is 0. The van der Waals surface area contributed by atoms with Crippen LogP contribution < -0.4 is 5.32 Å². The number of nitrogens with one attached hydrogen (secondary N) is 1. The molecule has 1 heterocycles. The molecule has 0 amide bonds. The molecule has 15 heavy (non-hydrogen) atoms. The van der Waals surface area contributed by atoms with Gasteiger partial charge in [0, 0.05) is 17.5 Å².